The molecule has 1 heterocycles. The summed E-state index contributed by atoms with van der Waals surface area (Å²) in [4.78, 5) is 82.9. The van der Waals surface area contributed by atoms with Gasteiger partial charge in [0.15, 0.2) is 0 Å². The van der Waals surface area contributed by atoms with E-state index in [0.717, 1.165) is 75.3 Å². The molecule has 14 nitrogen and oxygen atoms in total. The lowest BCUT2D eigenvalue weighted by atomic mass is 9.94. The Bertz CT molecular complexity index is 2040. The molecule has 354 valence electrons. The fourth-order valence-corrected chi connectivity index (χ4v) is 8.99. The standard InChI is InChI=1S/C52H69N7O7/c1-3-5-7-9-10-11-18-24-47(60)55-45(50(63)54-29-19-8-6-4-2)32-46(53)59(66)52(65)38-27-25-37(26-28-38)51(64)58-33-41(48(61)56-43-30-39(43)35-20-14-12-15-21-35)42(34-58)49(62)57-44-31-40(44)36-22-16-13-17-23-36/h12-17,20-23,25-28,39-45,53,66H,3-11,18-19,24,29-34H2,1-2H3,(H,54,63)(H,55,60)(H,56,61)(H,57,62)/t39-,40-,41-,42-,43+,44+,45+/m1/s1. The first-order chi connectivity index (χ1) is 32.0. The molecule has 14 heteroatoms. The van der Waals surface area contributed by atoms with Crippen LogP contribution < -0.4 is 21.3 Å². The molecule has 3 fully saturated rings. The average Bonchev–Trinajstić information content (AvgIpc) is 4.25. The predicted octanol–water partition coefficient (Wildman–Crippen LogP) is 7.24. The highest BCUT2D eigenvalue weighted by atomic mass is 16.5. The summed E-state index contributed by atoms with van der Waals surface area (Å²) < 4.78 is 0. The number of carbonyl (C=O) groups excluding carboxylic acids is 6. The minimum Gasteiger partial charge on any atom is -0.354 e. The third-order valence-electron chi connectivity index (χ3n) is 13.2. The quantitative estimate of drug-likeness (QED) is 0.0169. The fourth-order valence-electron chi connectivity index (χ4n) is 8.99. The van der Waals surface area contributed by atoms with Crippen LogP contribution in [0.2, 0.25) is 0 Å². The van der Waals surface area contributed by atoms with E-state index in [2.05, 4.69) is 35.1 Å². The number of nitrogens with zero attached hydrogens (tertiary/aromatic N) is 2. The number of rotatable bonds is 25. The summed E-state index contributed by atoms with van der Waals surface area (Å²) in [6.07, 6.45) is 12.4. The van der Waals surface area contributed by atoms with Crippen molar-refractivity contribution in [1.29, 1.82) is 5.41 Å². The van der Waals surface area contributed by atoms with E-state index in [1.807, 2.05) is 60.7 Å². The van der Waals surface area contributed by atoms with Gasteiger partial charge in [0.2, 0.25) is 23.6 Å². The summed E-state index contributed by atoms with van der Waals surface area (Å²) >= 11 is 0. The second-order valence-electron chi connectivity index (χ2n) is 18.3. The Morgan fingerprint density at radius 1 is 0.667 bits per heavy atom. The van der Waals surface area contributed by atoms with Gasteiger partial charge in [-0.2, -0.15) is 5.06 Å². The van der Waals surface area contributed by atoms with Crippen LogP contribution in [0.1, 0.15) is 154 Å². The molecule has 1 saturated heterocycles. The highest BCUT2D eigenvalue weighted by molar-refractivity contribution is 6.06. The Balaban J connectivity index is 1.06. The van der Waals surface area contributed by atoms with Crippen LogP contribution in [0.25, 0.3) is 0 Å². The van der Waals surface area contributed by atoms with E-state index in [4.69, 9.17) is 5.41 Å². The molecule has 7 atom stereocenters. The monoisotopic (exact) mass is 904 g/mol. The lowest BCUT2D eigenvalue weighted by Gasteiger charge is -2.22. The maximum atomic E-state index is 14.0. The van der Waals surface area contributed by atoms with Crippen LogP contribution in [0.4, 0.5) is 0 Å². The maximum absolute atomic E-state index is 14.0. The first kappa shape index (κ1) is 49.5. The normalized spacial score (nSPS) is 21.0. The summed E-state index contributed by atoms with van der Waals surface area (Å²) in [6, 6.07) is 24.2. The number of carbonyl (C=O) groups is 6. The van der Waals surface area contributed by atoms with Gasteiger partial charge in [0.05, 0.1) is 11.8 Å². The van der Waals surface area contributed by atoms with Gasteiger partial charge in [0.1, 0.15) is 11.9 Å². The minimum absolute atomic E-state index is 0.0237. The molecule has 6 rings (SSSR count). The lowest BCUT2D eigenvalue weighted by molar-refractivity contribution is -0.133. The van der Waals surface area contributed by atoms with Crippen LogP contribution in [0.5, 0.6) is 0 Å². The van der Waals surface area contributed by atoms with Gasteiger partial charge in [-0.05, 0) is 61.1 Å². The molecular weight excluding hydrogens is 835 g/mol. The highest BCUT2D eigenvalue weighted by Crippen LogP contribution is 2.42. The van der Waals surface area contributed by atoms with E-state index < -0.39 is 47.9 Å². The van der Waals surface area contributed by atoms with E-state index in [9.17, 15) is 34.0 Å². The summed E-state index contributed by atoms with van der Waals surface area (Å²) in [5, 5.41) is 31.5. The number of hydrogen-bond acceptors (Lipinski definition) is 8. The van der Waals surface area contributed by atoms with Gasteiger partial charge < -0.3 is 26.2 Å². The van der Waals surface area contributed by atoms with Gasteiger partial charge in [0.25, 0.3) is 11.8 Å². The minimum atomic E-state index is -1.18. The van der Waals surface area contributed by atoms with Crippen molar-refractivity contribution in [2.45, 2.75) is 140 Å². The van der Waals surface area contributed by atoms with E-state index in [1.165, 1.54) is 42.0 Å². The molecule has 0 unspecified atom stereocenters. The third kappa shape index (κ3) is 14.1. The van der Waals surface area contributed by atoms with Crippen LogP contribution in [-0.4, -0.2) is 94.2 Å². The predicted molar refractivity (Wildman–Crippen MR) is 253 cm³/mol. The molecule has 0 spiro atoms. The highest BCUT2D eigenvalue weighted by Gasteiger charge is 2.49. The number of hydrogen-bond donors (Lipinski definition) is 6. The number of hydroxylamine groups is 2. The average molecular weight is 904 g/mol. The Labute approximate surface area is 389 Å². The Morgan fingerprint density at radius 2 is 1.15 bits per heavy atom. The molecule has 2 aliphatic carbocycles. The number of amidine groups is 1. The van der Waals surface area contributed by atoms with Crippen molar-refractivity contribution < 1.29 is 34.0 Å². The molecule has 66 heavy (non-hydrogen) atoms. The zero-order chi connectivity index (χ0) is 47.0. The molecule has 3 aliphatic rings. The molecule has 0 bridgehead atoms. The molecule has 0 radical (unpaired) electrons. The second-order valence-corrected chi connectivity index (χ2v) is 18.3. The maximum Gasteiger partial charge on any atom is 0.283 e. The van der Waals surface area contributed by atoms with Crippen molar-refractivity contribution in [2.75, 3.05) is 19.6 Å². The largest absolute Gasteiger partial charge is 0.354 e. The smallest absolute Gasteiger partial charge is 0.283 e. The number of unbranched alkanes of at least 4 members (excludes halogenated alkanes) is 9. The number of amides is 6. The van der Waals surface area contributed by atoms with E-state index in [-0.39, 0.29) is 77.3 Å². The van der Waals surface area contributed by atoms with Gasteiger partial charge in [-0.25, -0.2) is 0 Å². The van der Waals surface area contributed by atoms with Gasteiger partial charge in [-0.1, -0.05) is 132 Å². The van der Waals surface area contributed by atoms with E-state index in [0.29, 0.717) is 13.0 Å². The van der Waals surface area contributed by atoms with Crippen molar-refractivity contribution in [3.05, 3.63) is 107 Å². The Morgan fingerprint density at radius 3 is 1.68 bits per heavy atom. The Kier molecular flexibility index (Phi) is 18.5. The third-order valence-corrected chi connectivity index (χ3v) is 13.2. The topological polar surface area (TPSA) is 201 Å². The van der Waals surface area contributed by atoms with Gasteiger partial charge >= 0.3 is 0 Å². The Hall–Kier alpha value is -5.89. The number of likely N-dealkylation sites (tertiary alicyclic amines) is 1. The lowest BCUT2D eigenvalue weighted by Crippen LogP contribution is -2.49. The molecule has 3 aromatic rings. The van der Waals surface area contributed by atoms with Crippen LogP contribution in [0, 0.1) is 17.2 Å². The second kappa shape index (κ2) is 24.6. The van der Waals surface area contributed by atoms with E-state index in [1.54, 1.807) is 0 Å². The van der Waals surface area contributed by atoms with Crippen molar-refractivity contribution in [3.63, 3.8) is 0 Å². The summed E-state index contributed by atoms with van der Waals surface area (Å²) in [5.41, 5.74) is 2.47. The molecule has 0 aromatic heterocycles. The van der Waals surface area contributed by atoms with Crippen LogP contribution >= 0.6 is 0 Å². The summed E-state index contributed by atoms with van der Waals surface area (Å²) in [5.74, 6) is -4.50. The fraction of sp³-hybridized carbons (Fsp3) is 0.519. The zero-order valence-corrected chi connectivity index (χ0v) is 38.6. The zero-order valence-electron chi connectivity index (χ0n) is 38.6. The van der Waals surface area contributed by atoms with Gasteiger partial charge in [0, 0.05) is 67.5 Å². The number of benzene rings is 3. The van der Waals surface area contributed by atoms with Crippen molar-refractivity contribution in [2.24, 2.45) is 11.8 Å². The van der Waals surface area contributed by atoms with Crippen molar-refractivity contribution >= 4 is 41.3 Å². The summed E-state index contributed by atoms with van der Waals surface area (Å²) in [6.45, 7) is 4.71. The molecule has 6 amide bonds. The number of nitrogens with one attached hydrogen (secondary N) is 5. The molecule has 2 saturated carbocycles. The molecule has 6 N–H and O–H groups in total. The first-order valence-electron chi connectivity index (χ1n) is 24.3. The van der Waals surface area contributed by atoms with Gasteiger partial charge in [-0.3, -0.25) is 39.4 Å². The molecule has 3 aromatic carbocycles. The van der Waals surface area contributed by atoms with E-state index >= 15 is 0 Å². The van der Waals surface area contributed by atoms with Gasteiger partial charge in [-0.15, -0.1) is 0 Å². The van der Waals surface area contributed by atoms with Crippen LogP contribution in [0.15, 0.2) is 84.9 Å². The molecular formula is C52H69N7O7. The summed E-state index contributed by atoms with van der Waals surface area (Å²) in [7, 11) is 0. The van der Waals surface area contributed by atoms with Crippen LogP contribution in [0.3, 0.4) is 0 Å². The van der Waals surface area contributed by atoms with Crippen molar-refractivity contribution in [3.8, 4) is 0 Å². The SMILES string of the molecule is CCCCCCCCCC(=O)N[C@@H](CC(=N)N(O)C(=O)c1ccc(C(=O)N2C[C@@H](C(=O)N[C@H]3C[C@@H]3c3ccccc3)[C@H](C(=O)N[C@H]3C[C@@H]3c3ccccc3)C2)cc1)C(=O)NCCCCCC. The molecule has 1 aliphatic heterocycles. The van der Waals surface area contributed by atoms with Crippen molar-refractivity contribution in [1.82, 2.24) is 31.2 Å². The first-order valence-corrected chi connectivity index (χ1v) is 24.3. The van der Waals surface area contributed by atoms with Crippen LogP contribution in [-0.2, 0) is 19.2 Å².